The lowest BCUT2D eigenvalue weighted by molar-refractivity contribution is -0.132. The molecule has 1 saturated heterocycles. The first kappa shape index (κ1) is 52.9. The highest BCUT2D eigenvalue weighted by Gasteiger charge is 2.38. The van der Waals surface area contributed by atoms with Crippen LogP contribution >= 0.6 is 0 Å². The van der Waals surface area contributed by atoms with Gasteiger partial charge in [-0.1, -0.05) is 65.5 Å². The fourth-order valence-corrected chi connectivity index (χ4v) is 7.61. The number of anilines is 1. The molecule has 3 heterocycles. The van der Waals surface area contributed by atoms with Crippen LogP contribution in [-0.4, -0.2) is 129 Å². The van der Waals surface area contributed by atoms with Gasteiger partial charge in [-0.05, 0) is 65.3 Å². The third-order valence-corrected chi connectivity index (χ3v) is 11.5. The Morgan fingerprint density at radius 2 is 1.43 bits per heavy atom. The maximum atomic E-state index is 15.9. The van der Waals surface area contributed by atoms with Gasteiger partial charge in [-0.2, -0.15) is 5.10 Å². The Morgan fingerprint density at radius 3 is 1.96 bits per heavy atom. The number of carboxylic acid groups (broad SMARTS) is 1. The van der Waals surface area contributed by atoms with Gasteiger partial charge in [0.1, 0.15) is 29.5 Å². The standard InChI is InChI=1S/C49H62F2N10O8/c1-30(62)59-20-22-60(23-21-59)41-17-16-33(27-52-41)15-12-31-10-13-32(14-11-31)24-39(53-44(64)42(48(2,3)4)55-47(68)69-9)40(63)29-61(57-45(65)43(49(5,6)7)54-46(66)67)28-35-36(50)25-34(26-37(35)51)38-18-19-58(8)56-38/h10-11,13-14,16-19,25-27,39-40,42-43,54,63H,20-24,28-29H2,1-9H3,(H,53,64)(H,55,68)(H,57,65)(H,66,67). The van der Waals surface area contributed by atoms with Crippen molar-refractivity contribution < 1.29 is 47.7 Å². The minimum atomic E-state index is -1.58. The number of methoxy groups -OCH3 is 1. The van der Waals surface area contributed by atoms with Gasteiger partial charge in [-0.3, -0.25) is 24.5 Å². The molecule has 20 heteroatoms. The summed E-state index contributed by atoms with van der Waals surface area (Å²) in [6.07, 6.45) is -0.665. The van der Waals surface area contributed by atoms with Gasteiger partial charge in [0.15, 0.2) is 0 Å². The minimum absolute atomic E-state index is 0.0176. The van der Waals surface area contributed by atoms with Crippen molar-refractivity contribution in [2.45, 2.75) is 85.7 Å². The molecule has 4 aromatic rings. The van der Waals surface area contributed by atoms with E-state index in [1.807, 2.05) is 12.1 Å². The second-order valence-electron chi connectivity index (χ2n) is 19.1. The quantitative estimate of drug-likeness (QED) is 0.0729. The van der Waals surface area contributed by atoms with Crippen LogP contribution in [0.5, 0.6) is 0 Å². The summed E-state index contributed by atoms with van der Waals surface area (Å²) in [5.41, 5.74) is 2.67. The van der Waals surface area contributed by atoms with Gasteiger partial charge in [-0.15, -0.1) is 0 Å². The Hall–Kier alpha value is -7.11. The zero-order valence-corrected chi connectivity index (χ0v) is 40.4. The first-order valence-electron chi connectivity index (χ1n) is 22.3. The second-order valence-corrected chi connectivity index (χ2v) is 19.1. The molecule has 6 N–H and O–H groups in total. The van der Waals surface area contributed by atoms with Crippen molar-refractivity contribution in [3.8, 4) is 23.1 Å². The molecule has 2 aromatic heterocycles. The number of piperazine rings is 1. The van der Waals surface area contributed by atoms with Crippen LogP contribution in [0.1, 0.15) is 70.7 Å². The van der Waals surface area contributed by atoms with Crippen molar-refractivity contribution >= 4 is 35.7 Å². The second kappa shape index (κ2) is 22.8. The van der Waals surface area contributed by atoms with Gasteiger partial charge in [0.05, 0.1) is 24.9 Å². The summed E-state index contributed by atoms with van der Waals surface area (Å²) in [6, 6.07) is 10.9. The molecule has 0 saturated carbocycles. The third kappa shape index (κ3) is 14.9. The number of carbonyl (C=O) groups excluding carboxylic acids is 4. The first-order chi connectivity index (χ1) is 32.4. The van der Waals surface area contributed by atoms with Crippen molar-refractivity contribution in [3.63, 3.8) is 0 Å². The molecule has 0 aliphatic carbocycles. The lowest BCUT2D eigenvalue weighted by Gasteiger charge is -2.35. The van der Waals surface area contributed by atoms with E-state index in [-0.39, 0.29) is 17.9 Å². The molecule has 18 nitrogen and oxygen atoms in total. The molecule has 5 rings (SSSR count). The number of ether oxygens (including phenoxy) is 1. The molecule has 0 spiro atoms. The lowest BCUT2D eigenvalue weighted by atomic mass is 9.85. The van der Waals surface area contributed by atoms with Gasteiger partial charge in [0.2, 0.25) is 11.8 Å². The molecule has 1 fully saturated rings. The van der Waals surface area contributed by atoms with Crippen molar-refractivity contribution in [2.24, 2.45) is 17.9 Å². The Kier molecular flexibility index (Phi) is 17.5. The highest BCUT2D eigenvalue weighted by molar-refractivity contribution is 5.87. The zero-order valence-electron chi connectivity index (χ0n) is 40.4. The minimum Gasteiger partial charge on any atom is -0.465 e. The van der Waals surface area contributed by atoms with Gasteiger partial charge in [0.25, 0.3) is 5.91 Å². The van der Waals surface area contributed by atoms with Crippen LogP contribution in [0.2, 0.25) is 0 Å². The number of nitrogens with zero attached hydrogens (tertiary/aromatic N) is 6. The average molecular weight is 957 g/mol. The summed E-state index contributed by atoms with van der Waals surface area (Å²) in [5.74, 6) is 3.53. The molecule has 4 atom stereocenters. The number of alkyl carbamates (subject to hydrolysis) is 1. The number of hydrogen-bond acceptors (Lipinski definition) is 11. The number of aliphatic hydroxyl groups is 1. The fourth-order valence-electron chi connectivity index (χ4n) is 7.61. The molecular formula is C49H62F2N10O8. The molecule has 69 heavy (non-hydrogen) atoms. The van der Waals surface area contributed by atoms with E-state index in [1.165, 1.54) is 4.68 Å². The Morgan fingerprint density at radius 1 is 0.841 bits per heavy atom. The number of hydrogen-bond donors (Lipinski definition) is 6. The van der Waals surface area contributed by atoms with Crippen LogP contribution in [0.15, 0.2) is 67.0 Å². The monoisotopic (exact) mass is 956 g/mol. The van der Waals surface area contributed by atoms with E-state index in [0.717, 1.165) is 30.1 Å². The summed E-state index contributed by atoms with van der Waals surface area (Å²) in [6.45, 7) is 13.0. The highest BCUT2D eigenvalue weighted by Crippen LogP contribution is 2.26. The van der Waals surface area contributed by atoms with Gasteiger partial charge >= 0.3 is 12.2 Å². The van der Waals surface area contributed by atoms with Crippen molar-refractivity contribution in [2.75, 3.05) is 44.7 Å². The fraction of sp³-hybridized carbons (Fsp3) is 0.449. The number of nitrogens with one attached hydrogen (secondary N) is 4. The lowest BCUT2D eigenvalue weighted by Crippen LogP contribution is -2.60. The number of benzene rings is 2. The van der Waals surface area contributed by atoms with Gasteiger partial charge < -0.3 is 40.7 Å². The van der Waals surface area contributed by atoms with Gasteiger partial charge in [0, 0.05) is 87.9 Å². The maximum absolute atomic E-state index is 15.9. The highest BCUT2D eigenvalue weighted by atomic mass is 19.1. The molecule has 0 bridgehead atoms. The summed E-state index contributed by atoms with van der Waals surface area (Å²) in [5, 5.41) is 34.5. The molecule has 1 aliphatic heterocycles. The summed E-state index contributed by atoms with van der Waals surface area (Å²) < 4.78 is 38.1. The van der Waals surface area contributed by atoms with E-state index in [2.05, 4.69) is 48.2 Å². The predicted octanol–water partition coefficient (Wildman–Crippen LogP) is 4.20. The van der Waals surface area contributed by atoms with E-state index in [0.29, 0.717) is 48.6 Å². The SMILES string of the molecule is COC(=O)NC(C(=O)NC(Cc1ccc(C#Cc2ccc(N3CCN(C(C)=O)CC3)nc2)cc1)C(O)CN(Cc1c(F)cc(-c2ccn(C)n2)cc1F)NC(=O)C(NC(=O)O)C(C)(C)C)C(C)(C)C. The van der Waals surface area contributed by atoms with E-state index < -0.39 is 89.3 Å². The number of aromatic nitrogens is 3. The van der Waals surface area contributed by atoms with Crippen molar-refractivity contribution in [1.29, 1.82) is 0 Å². The summed E-state index contributed by atoms with van der Waals surface area (Å²) in [4.78, 5) is 72.3. The number of halogens is 2. The summed E-state index contributed by atoms with van der Waals surface area (Å²) >= 11 is 0. The summed E-state index contributed by atoms with van der Waals surface area (Å²) in [7, 11) is 2.81. The van der Waals surface area contributed by atoms with Crippen molar-refractivity contribution in [3.05, 3.63) is 101 Å². The molecule has 4 unspecified atom stereocenters. The zero-order chi connectivity index (χ0) is 50.8. The Labute approximate surface area is 400 Å². The van der Waals surface area contributed by atoms with E-state index >= 15 is 8.78 Å². The number of hydrazine groups is 1. The Balaban J connectivity index is 1.43. The number of pyridine rings is 1. The molecule has 2 aromatic carbocycles. The molecule has 5 amide bonds. The average Bonchev–Trinajstić information content (AvgIpc) is 3.73. The first-order valence-corrected chi connectivity index (χ1v) is 22.3. The third-order valence-electron chi connectivity index (χ3n) is 11.5. The topological polar surface area (TPSA) is 224 Å². The number of carbonyl (C=O) groups is 5. The van der Waals surface area contributed by atoms with Crippen LogP contribution in [0, 0.1) is 34.3 Å². The number of amides is 5. The van der Waals surface area contributed by atoms with Crippen LogP contribution in [0.4, 0.5) is 24.2 Å². The number of rotatable bonds is 15. The largest absolute Gasteiger partial charge is 0.465 e. The van der Waals surface area contributed by atoms with Crippen LogP contribution in [0.25, 0.3) is 11.3 Å². The molecule has 370 valence electrons. The van der Waals surface area contributed by atoms with Crippen LogP contribution < -0.4 is 26.3 Å². The van der Waals surface area contributed by atoms with Gasteiger partial charge in [-0.25, -0.2) is 28.4 Å². The number of aliphatic hydroxyl groups excluding tert-OH is 1. The van der Waals surface area contributed by atoms with Crippen LogP contribution in [0.3, 0.4) is 0 Å². The molecule has 1 aliphatic rings. The van der Waals surface area contributed by atoms with E-state index in [1.54, 1.807) is 103 Å². The molecular weight excluding hydrogens is 895 g/mol. The predicted molar refractivity (Wildman–Crippen MR) is 253 cm³/mol. The van der Waals surface area contributed by atoms with E-state index in [9.17, 15) is 34.2 Å². The maximum Gasteiger partial charge on any atom is 0.407 e. The Bertz CT molecular complexity index is 2500. The molecule has 0 radical (unpaired) electrons. The van der Waals surface area contributed by atoms with E-state index in [4.69, 9.17) is 4.74 Å². The number of aryl methyl sites for hydroxylation is 1. The smallest absolute Gasteiger partial charge is 0.407 e. The van der Waals surface area contributed by atoms with Crippen molar-refractivity contribution in [1.82, 2.24) is 46.0 Å². The normalized spacial score (nSPS) is 14.7. The van der Waals surface area contributed by atoms with Crippen LogP contribution in [-0.2, 0) is 39.1 Å².